The summed E-state index contributed by atoms with van der Waals surface area (Å²) in [6, 6.07) is 6.61. The molecule has 1 aliphatic heterocycles. The van der Waals surface area contributed by atoms with Crippen LogP contribution in [0.4, 0.5) is 5.95 Å². The van der Waals surface area contributed by atoms with Crippen LogP contribution in [0, 0.1) is 0 Å². The van der Waals surface area contributed by atoms with Crippen LogP contribution in [-0.4, -0.2) is 46.0 Å². The molecule has 1 fully saturated rings. The third-order valence-electron chi connectivity index (χ3n) is 4.08. The summed E-state index contributed by atoms with van der Waals surface area (Å²) in [6.07, 6.45) is 9.68. The fourth-order valence-electron chi connectivity index (χ4n) is 2.87. The van der Waals surface area contributed by atoms with Gasteiger partial charge in [-0.15, -0.1) is 0 Å². The van der Waals surface area contributed by atoms with E-state index in [9.17, 15) is 0 Å². The van der Waals surface area contributed by atoms with E-state index in [1.807, 2.05) is 36.9 Å². The van der Waals surface area contributed by atoms with Crippen molar-refractivity contribution in [3.63, 3.8) is 0 Å². The Balaban J connectivity index is 1.53. The van der Waals surface area contributed by atoms with Crippen LogP contribution in [0.15, 0.2) is 43.0 Å². The number of piperidine rings is 1. The molecular formula is C16H21N5. The van der Waals surface area contributed by atoms with Crippen molar-refractivity contribution in [1.29, 1.82) is 0 Å². The molecule has 110 valence electrons. The van der Waals surface area contributed by atoms with Gasteiger partial charge in [-0.3, -0.25) is 9.88 Å². The summed E-state index contributed by atoms with van der Waals surface area (Å²) in [4.78, 5) is 17.6. The third kappa shape index (κ3) is 3.55. The highest BCUT2D eigenvalue weighted by molar-refractivity contribution is 5.29. The van der Waals surface area contributed by atoms with Crippen molar-refractivity contribution in [3.8, 4) is 0 Å². The lowest BCUT2D eigenvalue weighted by atomic mass is 10.0. The highest BCUT2D eigenvalue weighted by Crippen LogP contribution is 2.19. The Labute approximate surface area is 125 Å². The molecule has 0 aliphatic carbocycles. The second kappa shape index (κ2) is 6.63. The molecule has 1 aliphatic rings. The molecule has 2 aromatic rings. The highest BCUT2D eigenvalue weighted by Gasteiger charge is 2.23. The van der Waals surface area contributed by atoms with Gasteiger partial charge in [-0.25, -0.2) is 9.97 Å². The molecule has 0 N–H and O–H groups in total. The first-order chi connectivity index (χ1) is 10.3. The summed E-state index contributed by atoms with van der Waals surface area (Å²) in [7, 11) is 2.20. The molecule has 3 heterocycles. The second-order valence-electron chi connectivity index (χ2n) is 5.54. The first-order valence-electron chi connectivity index (χ1n) is 7.44. The SMILES string of the molecule is CN(Cc1cccnc1)C1CCN(c2ncccn2)CC1. The number of anilines is 1. The predicted octanol–water partition coefficient (Wildman–Crippen LogP) is 1.97. The van der Waals surface area contributed by atoms with Crippen LogP contribution in [0.25, 0.3) is 0 Å². The average Bonchev–Trinajstić information content (AvgIpc) is 2.57. The van der Waals surface area contributed by atoms with Gasteiger partial charge in [0.05, 0.1) is 0 Å². The predicted molar refractivity (Wildman–Crippen MR) is 83.0 cm³/mol. The van der Waals surface area contributed by atoms with E-state index >= 15 is 0 Å². The zero-order valence-corrected chi connectivity index (χ0v) is 12.4. The summed E-state index contributed by atoms with van der Waals surface area (Å²) < 4.78 is 0. The smallest absolute Gasteiger partial charge is 0.225 e. The zero-order valence-electron chi connectivity index (χ0n) is 12.4. The standard InChI is InChI=1S/C16H21N5/c1-20(13-14-4-2-7-17-12-14)15-5-10-21(11-6-15)16-18-8-3-9-19-16/h2-4,7-9,12,15H,5-6,10-11,13H2,1H3. The lowest BCUT2D eigenvalue weighted by Gasteiger charge is -2.36. The largest absolute Gasteiger partial charge is 0.341 e. The van der Waals surface area contributed by atoms with Crippen LogP contribution in [0.2, 0.25) is 0 Å². The van der Waals surface area contributed by atoms with Crippen molar-refractivity contribution in [2.75, 3.05) is 25.0 Å². The molecule has 0 amide bonds. The fourth-order valence-corrected chi connectivity index (χ4v) is 2.87. The van der Waals surface area contributed by atoms with E-state index in [0.717, 1.165) is 38.4 Å². The molecule has 0 saturated carbocycles. The highest BCUT2D eigenvalue weighted by atomic mass is 15.3. The molecule has 5 nitrogen and oxygen atoms in total. The van der Waals surface area contributed by atoms with E-state index in [-0.39, 0.29) is 0 Å². The number of hydrogen-bond acceptors (Lipinski definition) is 5. The van der Waals surface area contributed by atoms with Crippen LogP contribution in [0.3, 0.4) is 0 Å². The van der Waals surface area contributed by atoms with Gasteiger partial charge in [-0.05, 0) is 37.6 Å². The van der Waals surface area contributed by atoms with Gasteiger partial charge in [0.25, 0.3) is 0 Å². The Morgan fingerprint density at radius 1 is 1.14 bits per heavy atom. The van der Waals surface area contributed by atoms with Crippen molar-refractivity contribution in [2.45, 2.75) is 25.4 Å². The maximum absolute atomic E-state index is 4.33. The summed E-state index contributed by atoms with van der Waals surface area (Å²) in [6.45, 7) is 3.00. The number of aromatic nitrogens is 3. The average molecular weight is 283 g/mol. The summed E-state index contributed by atoms with van der Waals surface area (Å²) in [5.41, 5.74) is 1.27. The van der Waals surface area contributed by atoms with Crippen LogP contribution in [0.5, 0.6) is 0 Å². The minimum atomic E-state index is 0.616. The molecule has 0 bridgehead atoms. The molecule has 0 aromatic carbocycles. The number of hydrogen-bond donors (Lipinski definition) is 0. The van der Waals surface area contributed by atoms with E-state index in [0.29, 0.717) is 6.04 Å². The molecule has 0 atom stereocenters. The van der Waals surface area contributed by atoms with E-state index in [1.54, 1.807) is 0 Å². The molecule has 5 heteroatoms. The first-order valence-corrected chi connectivity index (χ1v) is 7.44. The third-order valence-corrected chi connectivity index (χ3v) is 4.08. The Bertz CT molecular complexity index is 537. The fraction of sp³-hybridized carbons (Fsp3) is 0.438. The molecular weight excluding hydrogens is 262 g/mol. The van der Waals surface area contributed by atoms with Crippen molar-refractivity contribution in [3.05, 3.63) is 48.5 Å². The molecule has 2 aromatic heterocycles. The van der Waals surface area contributed by atoms with Crippen LogP contribution in [0.1, 0.15) is 18.4 Å². The summed E-state index contributed by atoms with van der Waals surface area (Å²) in [5, 5.41) is 0. The lowest BCUT2D eigenvalue weighted by Crippen LogP contribution is -2.43. The van der Waals surface area contributed by atoms with Gasteiger partial charge in [0.2, 0.25) is 5.95 Å². The normalized spacial score (nSPS) is 16.4. The van der Waals surface area contributed by atoms with Gasteiger partial charge in [0, 0.05) is 50.5 Å². The Kier molecular flexibility index (Phi) is 4.40. The molecule has 0 spiro atoms. The van der Waals surface area contributed by atoms with Crippen molar-refractivity contribution >= 4 is 5.95 Å². The maximum Gasteiger partial charge on any atom is 0.225 e. The Morgan fingerprint density at radius 3 is 2.57 bits per heavy atom. The molecule has 1 saturated heterocycles. The molecule has 21 heavy (non-hydrogen) atoms. The Morgan fingerprint density at radius 2 is 1.90 bits per heavy atom. The number of pyridine rings is 1. The van der Waals surface area contributed by atoms with Gasteiger partial charge < -0.3 is 4.90 Å². The summed E-state index contributed by atoms with van der Waals surface area (Å²) in [5.74, 6) is 0.853. The van der Waals surface area contributed by atoms with E-state index < -0.39 is 0 Å². The maximum atomic E-state index is 4.33. The monoisotopic (exact) mass is 283 g/mol. The van der Waals surface area contributed by atoms with E-state index in [2.05, 4.69) is 37.9 Å². The van der Waals surface area contributed by atoms with Crippen molar-refractivity contribution in [2.24, 2.45) is 0 Å². The molecule has 0 radical (unpaired) electrons. The minimum Gasteiger partial charge on any atom is -0.341 e. The van der Waals surface area contributed by atoms with Gasteiger partial charge in [0.1, 0.15) is 0 Å². The van der Waals surface area contributed by atoms with E-state index in [4.69, 9.17) is 0 Å². The van der Waals surface area contributed by atoms with Crippen LogP contribution < -0.4 is 4.90 Å². The quantitative estimate of drug-likeness (QED) is 0.858. The van der Waals surface area contributed by atoms with Gasteiger partial charge >= 0.3 is 0 Å². The van der Waals surface area contributed by atoms with Crippen molar-refractivity contribution in [1.82, 2.24) is 19.9 Å². The van der Waals surface area contributed by atoms with Gasteiger partial charge in [-0.1, -0.05) is 6.07 Å². The van der Waals surface area contributed by atoms with Crippen LogP contribution in [-0.2, 0) is 6.54 Å². The first kappa shape index (κ1) is 13.9. The van der Waals surface area contributed by atoms with Gasteiger partial charge in [0.15, 0.2) is 0 Å². The number of rotatable bonds is 4. The summed E-state index contributed by atoms with van der Waals surface area (Å²) >= 11 is 0. The topological polar surface area (TPSA) is 45.2 Å². The Hall–Kier alpha value is -2.01. The van der Waals surface area contributed by atoms with Crippen molar-refractivity contribution < 1.29 is 0 Å². The molecule has 3 rings (SSSR count). The van der Waals surface area contributed by atoms with Crippen LogP contribution >= 0.6 is 0 Å². The lowest BCUT2D eigenvalue weighted by molar-refractivity contribution is 0.199. The molecule has 0 unspecified atom stereocenters. The van der Waals surface area contributed by atoms with E-state index in [1.165, 1.54) is 5.56 Å². The van der Waals surface area contributed by atoms with Gasteiger partial charge in [-0.2, -0.15) is 0 Å². The zero-order chi connectivity index (χ0) is 14.5. The second-order valence-corrected chi connectivity index (χ2v) is 5.54. The number of nitrogens with zero attached hydrogens (tertiary/aromatic N) is 5. The minimum absolute atomic E-state index is 0.616.